The Morgan fingerprint density at radius 2 is 2.08 bits per heavy atom. The van der Waals surface area contributed by atoms with Crippen LogP contribution in [0.25, 0.3) is 0 Å². The van der Waals surface area contributed by atoms with Crippen LogP contribution in [0, 0.1) is 5.41 Å². The summed E-state index contributed by atoms with van der Waals surface area (Å²) in [5, 5.41) is 0. The van der Waals surface area contributed by atoms with Crippen molar-refractivity contribution in [3.05, 3.63) is 12.2 Å². The summed E-state index contributed by atoms with van der Waals surface area (Å²) in [6, 6.07) is -0.0519. The zero-order valence-electron chi connectivity index (χ0n) is 8.41. The lowest BCUT2D eigenvalue weighted by Gasteiger charge is -2.23. The van der Waals surface area contributed by atoms with Gasteiger partial charge in [0.05, 0.1) is 0 Å². The van der Waals surface area contributed by atoms with Crippen molar-refractivity contribution in [1.29, 1.82) is 0 Å². The number of hydrogen-bond acceptors (Lipinski definition) is 3. The van der Waals surface area contributed by atoms with E-state index in [4.69, 9.17) is 11.5 Å². The van der Waals surface area contributed by atoms with Crippen molar-refractivity contribution >= 4 is 6.09 Å². The first-order valence-corrected chi connectivity index (χ1v) is 4.18. The highest BCUT2D eigenvalue weighted by Crippen LogP contribution is 2.17. The normalized spacial score (nSPS) is 14.5. The molecule has 4 nitrogen and oxygen atoms in total. The third-order valence-corrected chi connectivity index (χ3v) is 1.67. The fourth-order valence-corrected chi connectivity index (χ4v) is 0.621. The molecule has 76 valence electrons. The van der Waals surface area contributed by atoms with Crippen molar-refractivity contribution in [3.63, 3.8) is 0 Å². The average molecular weight is 186 g/mol. The van der Waals surface area contributed by atoms with Gasteiger partial charge in [-0.25, -0.2) is 4.79 Å². The second-order valence-corrected chi connectivity index (χ2v) is 3.95. The van der Waals surface area contributed by atoms with E-state index in [0.717, 1.165) is 0 Å². The van der Waals surface area contributed by atoms with Crippen LogP contribution in [0.3, 0.4) is 0 Å². The van der Waals surface area contributed by atoms with Gasteiger partial charge in [0.15, 0.2) is 0 Å². The molecule has 0 saturated carbocycles. The lowest BCUT2D eigenvalue weighted by molar-refractivity contribution is 0.169. The SMILES string of the molecule is CC(C)(C)C(N)C=CCOC(N)=O. The molecule has 4 heteroatoms. The Balaban J connectivity index is 3.79. The number of carbonyl (C=O) groups excluding carboxylic acids is 1. The van der Waals surface area contributed by atoms with E-state index in [0.29, 0.717) is 0 Å². The second kappa shape index (κ2) is 4.87. The van der Waals surface area contributed by atoms with Crippen LogP contribution in [0.1, 0.15) is 20.8 Å². The summed E-state index contributed by atoms with van der Waals surface area (Å²) in [6.45, 7) is 6.30. The molecule has 4 N–H and O–H groups in total. The summed E-state index contributed by atoms with van der Waals surface area (Å²) >= 11 is 0. The Morgan fingerprint density at radius 3 is 2.46 bits per heavy atom. The molecule has 1 atom stereocenters. The van der Waals surface area contributed by atoms with E-state index in [1.54, 1.807) is 6.08 Å². The van der Waals surface area contributed by atoms with Gasteiger partial charge in [-0.2, -0.15) is 0 Å². The maximum absolute atomic E-state index is 10.2. The van der Waals surface area contributed by atoms with Gasteiger partial charge in [-0.05, 0) is 11.5 Å². The quantitative estimate of drug-likeness (QED) is 0.646. The molecule has 1 unspecified atom stereocenters. The van der Waals surface area contributed by atoms with Crippen LogP contribution in [0.5, 0.6) is 0 Å². The standard InChI is InChI=1S/C9H18N2O2/c1-9(2,3)7(10)5-4-6-13-8(11)12/h4-5,7H,6,10H2,1-3H3,(H2,11,12). The number of rotatable bonds is 3. The molecular formula is C9H18N2O2. The molecular weight excluding hydrogens is 168 g/mol. The molecule has 0 aliphatic carbocycles. The van der Waals surface area contributed by atoms with E-state index in [1.165, 1.54) is 0 Å². The van der Waals surface area contributed by atoms with E-state index < -0.39 is 6.09 Å². The fourth-order valence-electron chi connectivity index (χ4n) is 0.621. The lowest BCUT2D eigenvalue weighted by Crippen LogP contribution is -2.32. The van der Waals surface area contributed by atoms with Crippen LogP contribution in [-0.4, -0.2) is 18.7 Å². The topological polar surface area (TPSA) is 78.3 Å². The molecule has 0 rings (SSSR count). The van der Waals surface area contributed by atoms with Gasteiger partial charge < -0.3 is 16.2 Å². The maximum atomic E-state index is 10.2. The maximum Gasteiger partial charge on any atom is 0.404 e. The zero-order chi connectivity index (χ0) is 10.5. The summed E-state index contributed by atoms with van der Waals surface area (Å²) in [6.07, 6.45) is 2.73. The van der Waals surface area contributed by atoms with Gasteiger partial charge in [0.1, 0.15) is 6.61 Å². The number of ether oxygens (including phenoxy) is 1. The minimum absolute atomic E-state index is 0.0171. The second-order valence-electron chi connectivity index (χ2n) is 3.95. The molecule has 0 fully saturated rings. The van der Waals surface area contributed by atoms with Crippen molar-refractivity contribution in [2.75, 3.05) is 6.61 Å². The van der Waals surface area contributed by atoms with Crippen molar-refractivity contribution in [2.45, 2.75) is 26.8 Å². The van der Waals surface area contributed by atoms with Crippen LogP contribution in [0.2, 0.25) is 0 Å². The summed E-state index contributed by atoms with van der Waals surface area (Å²) in [5.74, 6) is 0. The minimum atomic E-state index is -0.769. The van der Waals surface area contributed by atoms with Gasteiger partial charge >= 0.3 is 6.09 Å². The molecule has 0 heterocycles. The van der Waals surface area contributed by atoms with Crippen LogP contribution in [0.4, 0.5) is 4.79 Å². The molecule has 0 bridgehead atoms. The molecule has 0 aliphatic heterocycles. The molecule has 0 saturated heterocycles. The zero-order valence-corrected chi connectivity index (χ0v) is 8.41. The third-order valence-electron chi connectivity index (χ3n) is 1.67. The first kappa shape index (κ1) is 12.0. The molecule has 1 amide bonds. The molecule has 0 spiro atoms. The van der Waals surface area contributed by atoms with Crippen LogP contribution >= 0.6 is 0 Å². The molecule has 13 heavy (non-hydrogen) atoms. The smallest absolute Gasteiger partial charge is 0.404 e. The van der Waals surface area contributed by atoms with Crippen molar-refractivity contribution < 1.29 is 9.53 Å². The highest BCUT2D eigenvalue weighted by molar-refractivity contribution is 5.64. The first-order valence-electron chi connectivity index (χ1n) is 4.18. The summed E-state index contributed by atoms with van der Waals surface area (Å²) in [7, 11) is 0. The van der Waals surface area contributed by atoms with E-state index in [9.17, 15) is 4.79 Å². The highest BCUT2D eigenvalue weighted by Gasteiger charge is 2.17. The highest BCUT2D eigenvalue weighted by atomic mass is 16.5. The molecule has 0 radical (unpaired) electrons. The van der Waals surface area contributed by atoms with Gasteiger partial charge in [-0.3, -0.25) is 0 Å². The lowest BCUT2D eigenvalue weighted by atomic mass is 9.87. The Bertz CT molecular complexity index is 194. The molecule has 0 aliphatic rings. The molecule has 0 aromatic rings. The number of nitrogens with two attached hydrogens (primary N) is 2. The number of carbonyl (C=O) groups is 1. The van der Waals surface area contributed by atoms with E-state index in [-0.39, 0.29) is 18.1 Å². The molecule has 0 aromatic carbocycles. The van der Waals surface area contributed by atoms with Gasteiger partial charge in [0, 0.05) is 6.04 Å². The number of amides is 1. The fraction of sp³-hybridized carbons (Fsp3) is 0.667. The Labute approximate surface area is 78.9 Å². The van der Waals surface area contributed by atoms with Crippen LogP contribution < -0.4 is 11.5 Å². The minimum Gasteiger partial charge on any atom is -0.445 e. The van der Waals surface area contributed by atoms with Crippen molar-refractivity contribution in [1.82, 2.24) is 0 Å². The summed E-state index contributed by atoms with van der Waals surface area (Å²) in [5.41, 5.74) is 10.6. The van der Waals surface area contributed by atoms with Crippen LogP contribution in [0.15, 0.2) is 12.2 Å². The predicted octanol–water partition coefficient (Wildman–Crippen LogP) is 1.01. The van der Waals surface area contributed by atoms with E-state index in [1.807, 2.05) is 26.8 Å². The Morgan fingerprint density at radius 1 is 1.54 bits per heavy atom. The molecule has 0 aromatic heterocycles. The monoisotopic (exact) mass is 186 g/mol. The Hall–Kier alpha value is -1.03. The van der Waals surface area contributed by atoms with Gasteiger partial charge in [-0.15, -0.1) is 0 Å². The van der Waals surface area contributed by atoms with E-state index >= 15 is 0 Å². The number of hydrogen-bond donors (Lipinski definition) is 2. The predicted molar refractivity (Wildman–Crippen MR) is 52.1 cm³/mol. The van der Waals surface area contributed by atoms with Gasteiger partial charge in [0.2, 0.25) is 0 Å². The van der Waals surface area contributed by atoms with Crippen molar-refractivity contribution in [3.8, 4) is 0 Å². The summed E-state index contributed by atoms with van der Waals surface area (Å²) < 4.78 is 4.50. The van der Waals surface area contributed by atoms with Crippen LogP contribution in [-0.2, 0) is 4.74 Å². The number of primary amides is 1. The van der Waals surface area contributed by atoms with Gasteiger partial charge in [0.25, 0.3) is 0 Å². The Kier molecular flexibility index (Phi) is 4.48. The average Bonchev–Trinajstić information content (AvgIpc) is 1.95. The summed E-state index contributed by atoms with van der Waals surface area (Å²) in [4.78, 5) is 10.2. The van der Waals surface area contributed by atoms with Crippen molar-refractivity contribution in [2.24, 2.45) is 16.9 Å². The first-order chi connectivity index (χ1) is 5.84. The third kappa shape index (κ3) is 6.16. The van der Waals surface area contributed by atoms with Gasteiger partial charge in [-0.1, -0.05) is 26.8 Å². The largest absolute Gasteiger partial charge is 0.445 e. The van der Waals surface area contributed by atoms with E-state index in [2.05, 4.69) is 4.74 Å².